The highest BCUT2D eigenvalue weighted by molar-refractivity contribution is 5.89. The number of benzene rings is 2. The van der Waals surface area contributed by atoms with E-state index in [1.165, 1.54) is 6.07 Å². The van der Waals surface area contributed by atoms with Crippen LogP contribution in [-0.4, -0.2) is 24.4 Å². The number of nitrogens with one attached hydrogen (secondary N) is 2. The number of carbonyl (C=O) groups is 1. The van der Waals surface area contributed by atoms with Crippen LogP contribution < -0.4 is 15.4 Å². The zero-order valence-corrected chi connectivity index (χ0v) is 12.8. The van der Waals surface area contributed by atoms with E-state index < -0.39 is 11.8 Å². The second kappa shape index (κ2) is 8.14. The van der Waals surface area contributed by atoms with Gasteiger partial charge in [-0.3, -0.25) is 0 Å². The molecule has 0 unspecified atom stereocenters. The molecule has 23 heavy (non-hydrogen) atoms. The smallest absolute Gasteiger partial charge is 0.319 e. The van der Waals surface area contributed by atoms with Crippen molar-refractivity contribution in [3.63, 3.8) is 0 Å². The van der Waals surface area contributed by atoms with Crippen molar-refractivity contribution in [1.82, 2.24) is 5.32 Å². The number of carbonyl (C=O) groups excluding carboxylic acids is 1. The van der Waals surface area contributed by atoms with Crippen LogP contribution in [0.2, 0.25) is 0 Å². The van der Waals surface area contributed by atoms with Crippen LogP contribution in [-0.2, 0) is 6.54 Å². The number of ether oxygens (including phenoxy) is 1. The molecule has 3 N–H and O–H groups in total. The summed E-state index contributed by atoms with van der Waals surface area (Å²) in [5.74, 6) is 0.0982. The molecule has 0 fully saturated rings. The number of hydrogen-bond donors (Lipinski definition) is 3. The molecule has 2 aromatic carbocycles. The number of para-hydroxylation sites is 1. The van der Waals surface area contributed by atoms with E-state index in [2.05, 4.69) is 10.6 Å². The fourth-order valence-electron chi connectivity index (χ4n) is 2.02. The summed E-state index contributed by atoms with van der Waals surface area (Å²) >= 11 is 0. The van der Waals surface area contributed by atoms with Crippen LogP contribution >= 0.6 is 0 Å². The molecule has 0 spiro atoms. The Morgan fingerprint density at radius 2 is 2.04 bits per heavy atom. The molecular weight excluding hydrogens is 299 g/mol. The van der Waals surface area contributed by atoms with Crippen molar-refractivity contribution in [3.05, 3.63) is 59.4 Å². The molecule has 0 radical (unpaired) electrons. The molecule has 0 bridgehead atoms. The van der Waals surface area contributed by atoms with Crippen LogP contribution in [0.5, 0.6) is 5.75 Å². The van der Waals surface area contributed by atoms with Gasteiger partial charge in [-0.1, -0.05) is 24.3 Å². The number of rotatable bonds is 6. The number of urea groups is 1. The van der Waals surface area contributed by atoms with Gasteiger partial charge in [0.2, 0.25) is 0 Å². The van der Waals surface area contributed by atoms with Crippen LogP contribution in [0.4, 0.5) is 14.9 Å². The zero-order chi connectivity index (χ0) is 16.7. The summed E-state index contributed by atoms with van der Waals surface area (Å²) in [7, 11) is 0. The molecule has 2 aromatic rings. The lowest BCUT2D eigenvalue weighted by Gasteiger charge is -2.12. The summed E-state index contributed by atoms with van der Waals surface area (Å²) in [6.07, 6.45) is 0. The molecule has 0 atom stereocenters. The van der Waals surface area contributed by atoms with Crippen LogP contribution in [0.25, 0.3) is 0 Å². The minimum Gasteiger partial charge on any atom is -0.491 e. The van der Waals surface area contributed by atoms with Gasteiger partial charge in [-0.2, -0.15) is 0 Å². The van der Waals surface area contributed by atoms with Crippen LogP contribution in [0, 0.1) is 12.7 Å². The Kier molecular flexibility index (Phi) is 5.94. The monoisotopic (exact) mass is 318 g/mol. The van der Waals surface area contributed by atoms with Gasteiger partial charge in [0.15, 0.2) is 0 Å². The number of halogens is 1. The number of aliphatic hydroxyl groups excluding tert-OH is 1. The molecule has 0 heterocycles. The molecule has 0 aliphatic carbocycles. The van der Waals surface area contributed by atoms with Gasteiger partial charge in [0.05, 0.1) is 12.3 Å². The molecular formula is C17H19FN2O3. The Hall–Kier alpha value is -2.60. The first-order valence-electron chi connectivity index (χ1n) is 7.22. The van der Waals surface area contributed by atoms with Gasteiger partial charge in [-0.15, -0.1) is 0 Å². The predicted molar refractivity (Wildman–Crippen MR) is 86.0 cm³/mol. The third kappa shape index (κ3) is 4.96. The van der Waals surface area contributed by atoms with Gasteiger partial charge in [0.1, 0.15) is 18.2 Å². The fourth-order valence-corrected chi connectivity index (χ4v) is 2.02. The molecule has 5 nitrogen and oxygen atoms in total. The molecule has 122 valence electrons. The summed E-state index contributed by atoms with van der Waals surface area (Å²) in [6.45, 7) is 2.13. The molecule has 0 aromatic heterocycles. The summed E-state index contributed by atoms with van der Waals surface area (Å²) < 4.78 is 19.0. The number of amides is 2. The zero-order valence-electron chi connectivity index (χ0n) is 12.8. The van der Waals surface area contributed by atoms with E-state index in [0.717, 1.165) is 11.1 Å². The topological polar surface area (TPSA) is 70.6 Å². The molecule has 0 saturated carbocycles. The highest BCUT2D eigenvalue weighted by Crippen LogP contribution is 2.18. The normalized spacial score (nSPS) is 10.2. The minimum absolute atomic E-state index is 0.0884. The average molecular weight is 318 g/mol. The lowest BCUT2D eigenvalue weighted by Crippen LogP contribution is -2.28. The second-order valence-electron chi connectivity index (χ2n) is 4.97. The van der Waals surface area contributed by atoms with E-state index in [4.69, 9.17) is 9.84 Å². The first kappa shape index (κ1) is 16.8. The largest absolute Gasteiger partial charge is 0.491 e. The van der Waals surface area contributed by atoms with Gasteiger partial charge in [-0.25, -0.2) is 9.18 Å². The Bertz CT molecular complexity index is 677. The first-order valence-corrected chi connectivity index (χ1v) is 7.22. The van der Waals surface area contributed by atoms with E-state index in [1.54, 1.807) is 30.3 Å². The van der Waals surface area contributed by atoms with Crippen molar-refractivity contribution in [3.8, 4) is 5.75 Å². The van der Waals surface area contributed by atoms with Gasteiger partial charge in [0, 0.05) is 12.1 Å². The second-order valence-corrected chi connectivity index (χ2v) is 4.97. The van der Waals surface area contributed by atoms with E-state index in [0.29, 0.717) is 5.75 Å². The molecule has 6 heteroatoms. The maximum atomic E-state index is 13.6. The number of aliphatic hydroxyl groups is 1. The number of aryl methyl sites for hydroxylation is 1. The van der Waals surface area contributed by atoms with Crippen LogP contribution in [0.15, 0.2) is 42.5 Å². The Morgan fingerprint density at radius 3 is 2.83 bits per heavy atom. The van der Waals surface area contributed by atoms with Crippen LogP contribution in [0.3, 0.4) is 0 Å². The highest BCUT2D eigenvalue weighted by Gasteiger charge is 2.08. The minimum atomic E-state index is -0.508. The Balaban J connectivity index is 1.95. The summed E-state index contributed by atoms with van der Waals surface area (Å²) in [5, 5.41) is 13.9. The van der Waals surface area contributed by atoms with Gasteiger partial charge >= 0.3 is 6.03 Å². The third-order valence-corrected chi connectivity index (χ3v) is 3.13. The third-order valence-electron chi connectivity index (χ3n) is 3.13. The van der Waals surface area contributed by atoms with Crippen molar-refractivity contribution in [2.75, 3.05) is 18.5 Å². The maximum Gasteiger partial charge on any atom is 0.319 e. The van der Waals surface area contributed by atoms with Gasteiger partial charge in [-0.05, 0) is 30.7 Å². The van der Waals surface area contributed by atoms with Crippen molar-refractivity contribution in [2.45, 2.75) is 13.5 Å². The predicted octanol–water partition coefficient (Wildman–Crippen LogP) is 2.83. The standard InChI is InChI=1S/C17H19FN2O3/c1-12-6-7-14(18)15(10-12)20-17(22)19-11-13-4-2-3-5-16(13)23-9-8-21/h2-7,10,21H,8-9,11H2,1H3,(H2,19,20,22). The van der Waals surface area contributed by atoms with E-state index >= 15 is 0 Å². The molecule has 2 rings (SSSR count). The van der Waals surface area contributed by atoms with Crippen molar-refractivity contribution < 1.29 is 19.0 Å². The molecule has 0 aliphatic rings. The highest BCUT2D eigenvalue weighted by atomic mass is 19.1. The molecule has 2 amide bonds. The molecule has 0 aliphatic heterocycles. The van der Waals surface area contributed by atoms with Crippen molar-refractivity contribution in [2.24, 2.45) is 0 Å². The summed E-state index contributed by atoms with van der Waals surface area (Å²) in [6, 6.07) is 11.2. The lowest BCUT2D eigenvalue weighted by atomic mass is 10.2. The van der Waals surface area contributed by atoms with Gasteiger partial charge in [0.25, 0.3) is 0 Å². The van der Waals surface area contributed by atoms with E-state index in [-0.39, 0.29) is 25.4 Å². The Morgan fingerprint density at radius 1 is 1.26 bits per heavy atom. The summed E-state index contributed by atoms with van der Waals surface area (Å²) in [5.41, 5.74) is 1.75. The van der Waals surface area contributed by atoms with E-state index in [9.17, 15) is 9.18 Å². The number of anilines is 1. The quantitative estimate of drug-likeness (QED) is 0.767. The maximum absolute atomic E-state index is 13.6. The number of hydrogen-bond acceptors (Lipinski definition) is 3. The SMILES string of the molecule is Cc1ccc(F)c(NC(=O)NCc2ccccc2OCCO)c1. The van der Waals surface area contributed by atoms with Gasteiger partial charge < -0.3 is 20.5 Å². The first-order chi connectivity index (χ1) is 11.1. The van der Waals surface area contributed by atoms with E-state index in [1.807, 2.05) is 13.0 Å². The molecule has 0 saturated heterocycles. The average Bonchev–Trinajstić information content (AvgIpc) is 2.55. The fraction of sp³-hybridized carbons (Fsp3) is 0.235. The Labute approximate surface area is 134 Å². The lowest BCUT2D eigenvalue weighted by molar-refractivity contribution is 0.200. The van der Waals surface area contributed by atoms with Crippen LogP contribution in [0.1, 0.15) is 11.1 Å². The van der Waals surface area contributed by atoms with Crippen molar-refractivity contribution in [1.29, 1.82) is 0 Å². The van der Waals surface area contributed by atoms with Crippen molar-refractivity contribution >= 4 is 11.7 Å². The summed E-state index contributed by atoms with van der Waals surface area (Å²) in [4.78, 5) is 11.9.